The number of benzene rings is 1. The Morgan fingerprint density at radius 1 is 1.39 bits per heavy atom. The van der Waals surface area contributed by atoms with Crippen LogP contribution in [0.1, 0.15) is 31.9 Å². The zero-order valence-corrected chi connectivity index (χ0v) is 12.3. The number of aryl methyl sites for hydroxylation is 1. The van der Waals surface area contributed by atoms with Crippen LogP contribution < -0.4 is 11.1 Å². The molecule has 0 aliphatic heterocycles. The predicted molar refractivity (Wildman–Crippen MR) is 78.1 cm³/mol. The quantitative estimate of drug-likeness (QED) is 0.881. The van der Waals surface area contributed by atoms with Gasteiger partial charge in [0.25, 0.3) is 0 Å². The first-order chi connectivity index (χ1) is 7.84. The van der Waals surface area contributed by atoms with Gasteiger partial charge in [0.05, 0.1) is 6.04 Å². The normalized spacial score (nSPS) is 12.5. The second-order valence-corrected chi connectivity index (χ2v) is 5.21. The van der Waals surface area contributed by atoms with E-state index in [1.807, 2.05) is 12.1 Å². The lowest BCUT2D eigenvalue weighted by atomic mass is 9.82. The zero-order chi connectivity index (χ0) is 13.1. The van der Waals surface area contributed by atoms with Crippen LogP contribution in [-0.4, -0.2) is 18.5 Å². The van der Waals surface area contributed by atoms with Gasteiger partial charge in [0.1, 0.15) is 0 Å². The SMILES string of the molecule is Cc1ccccc1C(C)(C)CNC(=O)C(C)N.Cl. The topological polar surface area (TPSA) is 55.1 Å². The highest BCUT2D eigenvalue weighted by Gasteiger charge is 2.23. The van der Waals surface area contributed by atoms with E-state index in [1.165, 1.54) is 11.1 Å². The molecule has 1 rings (SSSR count). The summed E-state index contributed by atoms with van der Waals surface area (Å²) in [5.74, 6) is -0.105. The molecule has 0 fully saturated rings. The lowest BCUT2D eigenvalue weighted by molar-refractivity contribution is -0.122. The molecule has 3 nitrogen and oxygen atoms in total. The maximum absolute atomic E-state index is 11.5. The summed E-state index contributed by atoms with van der Waals surface area (Å²) in [6.45, 7) is 8.62. The minimum atomic E-state index is -0.456. The third-order valence-corrected chi connectivity index (χ3v) is 2.99. The van der Waals surface area contributed by atoms with Crippen LogP contribution in [0.2, 0.25) is 0 Å². The minimum absolute atomic E-state index is 0. The van der Waals surface area contributed by atoms with Gasteiger partial charge in [0, 0.05) is 12.0 Å². The standard InChI is InChI=1S/C14H22N2O.ClH/c1-10-7-5-6-8-12(10)14(3,4)9-16-13(17)11(2)15;/h5-8,11H,9,15H2,1-4H3,(H,16,17);1H. The number of nitrogens with one attached hydrogen (secondary N) is 1. The van der Waals surface area contributed by atoms with Crippen molar-refractivity contribution in [1.29, 1.82) is 0 Å². The molecule has 4 heteroatoms. The summed E-state index contributed by atoms with van der Waals surface area (Å²) in [6, 6.07) is 7.78. The molecule has 0 heterocycles. The Labute approximate surface area is 116 Å². The second kappa shape index (κ2) is 6.76. The molecule has 1 atom stereocenters. The Morgan fingerprint density at radius 2 is 1.94 bits per heavy atom. The largest absolute Gasteiger partial charge is 0.354 e. The second-order valence-electron chi connectivity index (χ2n) is 5.21. The van der Waals surface area contributed by atoms with E-state index in [4.69, 9.17) is 5.73 Å². The highest BCUT2D eigenvalue weighted by atomic mass is 35.5. The van der Waals surface area contributed by atoms with Crippen molar-refractivity contribution in [3.05, 3.63) is 35.4 Å². The van der Waals surface area contributed by atoms with E-state index in [1.54, 1.807) is 6.92 Å². The van der Waals surface area contributed by atoms with E-state index in [-0.39, 0.29) is 23.7 Å². The van der Waals surface area contributed by atoms with Crippen molar-refractivity contribution in [2.75, 3.05) is 6.54 Å². The van der Waals surface area contributed by atoms with Crippen LogP contribution in [0.5, 0.6) is 0 Å². The van der Waals surface area contributed by atoms with E-state index < -0.39 is 6.04 Å². The highest BCUT2D eigenvalue weighted by molar-refractivity contribution is 5.85. The van der Waals surface area contributed by atoms with Crippen molar-refractivity contribution in [3.63, 3.8) is 0 Å². The van der Waals surface area contributed by atoms with Crippen molar-refractivity contribution in [3.8, 4) is 0 Å². The summed E-state index contributed by atoms with van der Waals surface area (Å²) in [7, 11) is 0. The highest BCUT2D eigenvalue weighted by Crippen LogP contribution is 2.25. The first-order valence-corrected chi connectivity index (χ1v) is 5.94. The van der Waals surface area contributed by atoms with Gasteiger partial charge >= 0.3 is 0 Å². The Balaban J connectivity index is 0.00000289. The van der Waals surface area contributed by atoms with Gasteiger partial charge in [-0.2, -0.15) is 0 Å². The number of hydrogen-bond acceptors (Lipinski definition) is 2. The molecule has 0 saturated heterocycles. The van der Waals surface area contributed by atoms with Crippen LogP contribution in [0, 0.1) is 6.92 Å². The lowest BCUT2D eigenvalue weighted by Crippen LogP contribution is -2.44. The van der Waals surface area contributed by atoms with Crippen molar-refractivity contribution < 1.29 is 4.79 Å². The average molecular weight is 271 g/mol. The first kappa shape index (κ1) is 16.9. The van der Waals surface area contributed by atoms with Crippen molar-refractivity contribution in [2.45, 2.75) is 39.2 Å². The maximum Gasteiger partial charge on any atom is 0.236 e. The number of amides is 1. The van der Waals surface area contributed by atoms with Crippen LogP contribution >= 0.6 is 12.4 Å². The van der Waals surface area contributed by atoms with Gasteiger partial charge in [-0.25, -0.2) is 0 Å². The van der Waals surface area contributed by atoms with Gasteiger partial charge in [-0.3, -0.25) is 4.79 Å². The van der Waals surface area contributed by atoms with Crippen LogP contribution in [0.25, 0.3) is 0 Å². The minimum Gasteiger partial charge on any atom is -0.354 e. The van der Waals surface area contributed by atoms with Gasteiger partial charge in [-0.05, 0) is 25.0 Å². The Kier molecular flexibility index (Phi) is 6.36. The lowest BCUT2D eigenvalue weighted by Gasteiger charge is -2.27. The molecule has 0 aromatic heterocycles. The van der Waals surface area contributed by atoms with Gasteiger partial charge in [-0.15, -0.1) is 12.4 Å². The molecule has 0 bridgehead atoms. The summed E-state index contributed by atoms with van der Waals surface area (Å²) >= 11 is 0. The van der Waals surface area contributed by atoms with Gasteiger partial charge in [0.15, 0.2) is 0 Å². The van der Waals surface area contributed by atoms with E-state index >= 15 is 0 Å². The van der Waals surface area contributed by atoms with Crippen molar-refractivity contribution >= 4 is 18.3 Å². The number of rotatable bonds is 4. The van der Waals surface area contributed by atoms with E-state index in [0.717, 1.165) is 0 Å². The molecule has 102 valence electrons. The van der Waals surface area contributed by atoms with Gasteiger partial charge in [0.2, 0.25) is 5.91 Å². The molecule has 1 unspecified atom stereocenters. The summed E-state index contributed by atoms with van der Waals surface area (Å²) in [6.07, 6.45) is 0. The Morgan fingerprint density at radius 3 is 2.44 bits per heavy atom. The number of carbonyl (C=O) groups is 1. The fourth-order valence-corrected chi connectivity index (χ4v) is 1.90. The molecule has 1 amide bonds. The van der Waals surface area contributed by atoms with Crippen LogP contribution in [0.15, 0.2) is 24.3 Å². The fourth-order valence-electron chi connectivity index (χ4n) is 1.90. The molecular weight excluding hydrogens is 248 g/mol. The Hall–Kier alpha value is -1.06. The number of nitrogens with two attached hydrogens (primary N) is 1. The smallest absolute Gasteiger partial charge is 0.236 e. The number of carbonyl (C=O) groups excluding carboxylic acids is 1. The summed E-state index contributed by atoms with van der Waals surface area (Å²) in [4.78, 5) is 11.5. The van der Waals surface area contributed by atoms with Gasteiger partial charge < -0.3 is 11.1 Å². The third-order valence-electron chi connectivity index (χ3n) is 2.99. The van der Waals surface area contributed by atoms with Crippen molar-refractivity contribution in [2.24, 2.45) is 5.73 Å². The average Bonchev–Trinajstić information content (AvgIpc) is 2.26. The van der Waals surface area contributed by atoms with E-state index in [9.17, 15) is 4.79 Å². The summed E-state index contributed by atoms with van der Waals surface area (Å²) < 4.78 is 0. The summed E-state index contributed by atoms with van der Waals surface area (Å²) in [5, 5.41) is 2.88. The Bertz CT molecular complexity index is 403. The first-order valence-electron chi connectivity index (χ1n) is 5.94. The molecule has 0 saturated carbocycles. The van der Waals surface area contributed by atoms with Crippen molar-refractivity contribution in [1.82, 2.24) is 5.32 Å². The molecular formula is C14H23ClN2O. The van der Waals surface area contributed by atoms with Gasteiger partial charge in [-0.1, -0.05) is 38.1 Å². The van der Waals surface area contributed by atoms with E-state index in [2.05, 4.69) is 38.2 Å². The third kappa shape index (κ3) is 4.31. The monoisotopic (exact) mass is 270 g/mol. The van der Waals surface area contributed by atoms with Crippen LogP contribution in [0.3, 0.4) is 0 Å². The molecule has 0 spiro atoms. The molecule has 1 aromatic rings. The maximum atomic E-state index is 11.5. The molecule has 18 heavy (non-hydrogen) atoms. The zero-order valence-electron chi connectivity index (χ0n) is 11.5. The molecule has 1 aromatic carbocycles. The number of hydrogen-bond donors (Lipinski definition) is 2. The molecule has 0 radical (unpaired) electrons. The number of halogens is 1. The van der Waals surface area contributed by atoms with Crippen LogP contribution in [-0.2, 0) is 10.2 Å². The summed E-state index contributed by atoms with van der Waals surface area (Å²) in [5.41, 5.74) is 7.93. The molecule has 0 aliphatic carbocycles. The fraction of sp³-hybridized carbons (Fsp3) is 0.500. The van der Waals surface area contributed by atoms with E-state index in [0.29, 0.717) is 6.54 Å². The predicted octanol–water partition coefficient (Wildman–Crippen LogP) is 2.16. The molecule has 0 aliphatic rings. The van der Waals surface area contributed by atoms with Crippen LogP contribution in [0.4, 0.5) is 0 Å². The molecule has 3 N–H and O–H groups in total.